The van der Waals surface area contributed by atoms with Crippen molar-refractivity contribution in [3.05, 3.63) is 64.8 Å². The lowest BCUT2D eigenvalue weighted by Gasteiger charge is -2.14. The molecule has 124 valence electrons. The van der Waals surface area contributed by atoms with Crippen LogP contribution in [0.2, 0.25) is 0 Å². The van der Waals surface area contributed by atoms with Gasteiger partial charge in [-0.05, 0) is 18.9 Å². The highest BCUT2D eigenvalue weighted by molar-refractivity contribution is 5.78. The highest BCUT2D eigenvalue weighted by atomic mass is 16.5. The minimum Gasteiger partial charge on any atom is -0.377 e. The summed E-state index contributed by atoms with van der Waals surface area (Å²) in [7, 11) is 0. The molecule has 0 amide bonds. The number of H-pyrrole nitrogens is 1. The lowest BCUT2D eigenvalue weighted by molar-refractivity contribution is 0.116. The van der Waals surface area contributed by atoms with Gasteiger partial charge in [-0.2, -0.15) is 0 Å². The van der Waals surface area contributed by atoms with Gasteiger partial charge in [0.1, 0.15) is 5.82 Å². The van der Waals surface area contributed by atoms with E-state index in [1.165, 1.54) is 11.9 Å². The van der Waals surface area contributed by atoms with Crippen molar-refractivity contribution in [2.45, 2.75) is 26.0 Å². The van der Waals surface area contributed by atoms with Crippen LogP contribution in [0, 0.1) is 0 Å². The first-order valence-corrected chi connectivity index (χ1v) is 7.94. The number of aromatic amines is 1. The summed E-state index contributed by atoms with van der Waals surface area (Å²) < 4.78 is 5.70. The third-order valence-electron chi connectivity index (χ3n) is 3.73. The first-order chi connectivity index (χ1) is 11.7. The van der Waals surface area contributed by atoms with E-state index in [9.17, 15) is 4.79 Å². The number of rotatable bonds is 7. The molecule has 0 saturated heterocycles. The molecule has 0 saturated carbocycles. The molecule has 2 heterocycles. The average Bonchev–Trinajstić information content (AvgIpc) is 2.60. The van der Waals surface area contributed by atoms with Gasteiger partial charge < -0.3 is 15.0 Å². The quantitative estimate of drug-likeness (QED) is 0.653. The van der Waals surface area contributed by atoms with Crippen LogP contribution in [0.3, 0.4) is 0 Å². The van der Waals surface area contributed by atoms with Crippen LogP contribution in [0.5, 0.6) is 0 Å². The van der Waals surface area contributed by atoms with Crippen molar-refractivity contribution < 1.29 is 4.74 Å². The van der Waals surface area contributed by atoms with Crippen LogP contribution in [-0.4, -0.2) is 27.6 Å². The topological polar surface area (TPSA) is 79.9 Å². The maximum Gasteiger partial charge on any atom is 0.260 e. The Morgan fingerprint density at radius 2 is 2.08 bits per heavy atom. The zero-order valence-corrected chi connectivity index (χ0v) is 13.5. The summed E-state index contributed by atoms with van der Waals surface area (Å²) in [5.74, 6) is 0.705. The van der Waals surface area contributed by atoms with Crippen LogP contribution >= 0.6 is 0 Å². The van der Waals surface area contributed by atoms with Gasteiger partial charge in [-0.3, -0.25) is 4.79 Å². The molecule has 0 bridgehead atoms. The van der Waals surface area contributed by atoms with Crippen molar-refractivity contribution in [1.82, 2.24) is 15.0 Å². The molecule has 0 aliphatic rings. The number of nitrogens with zero attached hydrogens (tertiary/aromatic N) is 2. The largest absolute Gasteiger partial charge is 0.377 e. The second-order valence-corrected chi connectivity index (χ2v) is 5.69. The van der Waals surface area contributed by atoms with Gasteiger partial charge in [0.25, 0.3) is 5.56 Å². The summed E-state index contributed by atoms with van der Waals surface area (Å²) in [5.41, 5.74) is 1.62. The Hall–Kier alpha value is -2.73. The SMILES string of the molecule is CC(CCOCc1ccccc1)Nc1cc2nc[nH]c(=O)c2cn1. The van der Waals surface area contributed by atoms with Gasteiger partial charge in [-0.1, -0.05) is 30.3 Å². The van der Waals surface area contributed by atoms with Gasteiger partial charge in [0, 0.05) is 24.9 Å². The average molecular weight is 324 g/mol. The molecule has 6 heteroatoms. The Morgan fingerprint density at radius 1 is 1.25 bits per heavy atom. The summed E-state index contributed by atoms with van der Waals surface area (Å²) in [6, 6.07) is 12.1. The van der Waals surface area contributed by atoms with Crippen LogP contribution in [0.15, 0.2) is 53.7 Å². The number of aromatic nitrogens is 3. The van der Waals surface area contributed by atoms with Crippen molar-refractivity contribution in [2.24, 2.45) is 0 Å². The molecule has 0 fully saturated rings. The second kappa shape index (κ2) is 7.70. The number of ether oxygens (including phenoxy) is 1. The number of nitrogens with one attached hydrogen (secondary N) is 2. The zero-order valence-electron chi connectivity index (χ0n) is 13.5. The summed E-state index contributed by atoms with van der Waals surface area (Å²) in [4.78, 5) is 22.6. The van der Waals surface area contributed by atoms with Gasteiger partial charge in [-0.15, -0.1) is 0 Å². The van der Waals surface area contributed by atoms with E-state index in [0.29, 0.717) is 29.9 Å². The summed E-state index contributed by atoms with van der Waals surface area (Å²) in [5, 5.41) is 3.80. The normalized spacial score (nSPS) is 12.2. The van der Waals surface area contributed by atoms with Crippen LogP contribution < -0.4 is 10.9 Å². The van der Waals surface area contributed by atoms with Gasteiger partial charge in [0.05, 0.1) is 23.8 Å². The Morgan fingerprint density at radius 3 is 2.92 bits per heavy atom. The van der Waals surface area contributed by atoms with E-state index in [0.717, 1.165) is 6.42 Å². The first-order valence-electron chi connectivity index (χ1n) is 7.94. The van der Waals surface area contributed by atoms with Crippen LogP contribution in [0.1, 0.15) is 18.9 Å². The van der Waals surface area contributed by atoms with Crippen molar-refractivity contribution >= 4 is 16.7 Å². The molecule has 1 atom stereocenters. The van der Waals surface area contributed by atoms with Crippen molar-refractivity contribution in [3.63, 3.8) is 0 Å². The standard InChI is InChI=1S/C18H20N4O2/c1-13(7-8-24-11-14-5-3-2-4-6-14)22-17-9-16-15(10-19-17)18(23)21-12-20-16/h2-6,9-10,12-13H,7-8,11H2,1H3,(H,19,22)(H,20,21,23). The molecular formula is C18H20N4O2. The summed E-state index contributed by atoms with van der Waals surface area (Å²) >= 11 is 0. The molecule has 3 aromatic rings. The Kier molecular flexibility index (Phi) is 5.18. The van der Waals surface area contributed by atoms with Crippen molar-refractivity contribution in [3.8, 4) is 0 Å². The number of hydrogen-bond donors (Lipinski definition) is 2. The van der Waals surface area contributed by atoms with E-state index in [1.807, 2.05) is 18.2 Å². The third-order valence-corrected chi connectivity index (χ3v) is 3.73. The number of benzene rings is 1. The van der Waals surface area contributed by atoms with E-state index in [-0.39, 0.29) is 11.6 Å². The molecule has 2 aromatic heterocycles. The smallest absolute Gasteiger partial charge is 0.260 e. The van der Waals surface area contributed by atoms with Gasteiger partial charge in [-0.25, -0.2) is 9.97 Å². The van der Waals surface area contributed by atoms with Crippen LogP contribution in [0.25, 0.3) is 10.9 Å². The third kappa shape index (κ3) is 4.17. The van der Waals surface area contributed by atoms with E-state index < -0.39 is 0 Å². The van der Waals surface area contributed by atoms with Gasteiger partial charge in [0.15, 0.2) is 0 Å². The lowest BCUT2D eigenvalue weighted by atomic mass is 10.2. The molecule has 1 aromatic carbocycles. The lowest BCUT2D eigenvalue weighted by Crippen LogP contribution is -2.18. The second-order valence-electron chi connectivity index (χ2n) is 5.69. The Labute approximate surface area is 139 Å². The fraction of sp³-hybridized carbons (Fsp3) is 0.278. The van der Waals surface area contributed by atoms with Crippen LogP contribution in [0.4, 0.5) is 5.82 Å². The number of pyridine rings is 1. The first kappa shape index (κ1) is 16.1. The minimum absolute atomic E-state index is 0.179. The predicted octanol–water partition coefficient (Wildman–Crippen LogP) is 2.73. The molecule has 24 heavy (non-hydrogen) atoms. The zero-order chi connectivity index (χ0) is 16.8. The molecule has 3 rings (SSSR count). The molecule has 6 nitrogen and oxygen atoms in total. The fourth-order valence-electron chi connectivity index (χ4n) is 2.39. The summed E-state index contributed by atoms with van der Waals surface area (Å²) in [6.07, 6.45) is 3.80. The fourth-order valence-corrected chi connectivity index (χ4v) is 2.39. The van der Waals surface area contributed by atoms with Crippen LogP contribution in [-0.2, 0) is 11.3 Å². The summed E-state index contributed by atoms with van der Waals surface area (Å²) in [6.45, 7) is 3.35. The Balaban J connectivity index is 1.49. The maximum atomic E-state index is 11.6. The highest BCUT2D eigenvalue weighted by Gasteiger charge is 2.06. The Bertz CT molecular complexity index is 848. The van der Waals surface area contributed by atoms with Crippen molar-refractivity contribution in [1.29, 1.82) is 0 Å². The highest BCUT2D eigenvalue weighted by Crippen LogP contribution is 2.12. The molecule has 2 N–H and O–H groups in total. The van der Waals surface area contributed by atoms with E-state index in [1.54, 1.807) is 12.3 Å². The number of fused-ring (bicyclic) bond motifs is 1. The molecule has 0 aliphatic carbocycles. The van der Waals surface area contributed by atoms with E-state index >= 15 is 0 Å². The van der Waals surface area contributed by atoms with E-state index in [4.69, 9.17) is 4.74 Å². The number of hydrogen-bond acceptors (Lipinski definition) is 5. The molecule has 0 aliphatic heterocycles. The molecule has 0 spiro atoms. The minimum atomic E-state index is -0.179. The van der Waals surface area contributed by atoms with Gasteiger partial charge in [0.2, 0.25) is 0 Å². The monoisotopic (exact) mass is 324 g/mol. The van der Waals surface area contributed by atoms with Gasteiger partial charge >= 0.3 is 0 Å². The number of anilines is 1. The van der Waals surface area contributed by atoms with E-state index in [2.05, 4.69) is 39.3 Å². The maximum absolute atomic E-state index is 11.6. The molecular weight excluding hydrogens is 304 g/mol. The molecule has 0 radical (unpaired) electrons. The van der Waals surface area contributed by atoms with Crippen molar-refractivity contribution in [2.75, 3.05) is 11.9 Å². The predicted molar refractivity (Wildman–Crippen MR) is 94.0 cm³/mol. The molecule has 1 unspecified atom stereocenters.